The molecule has 0 fully saturated rings. The molecule has 0 aromatic carbocycles. The van der Waals surface area contributed by atoms with Crippen molar-refractivity contribution in [2.45, 2.75) is 143 Å². The van der Waals surface area contributed by atoms with Crippen LogP contribution >= 0.6 is 23.0 Å². The second-order valence-corrected chi connectivity index (χ2v) is 26.0. The molecule has 9 nitrogen and oxygen atoms in total. The lowest BCUT2D eigenvalue weighted by Crippen LogP contribution is -2.62. The molecule has 1 aliphatic rings. The molecule has 1 heterocycles. The van der Waals surface area contributed by atoms with Crippen LogP contribution in [0.3, 0.4) is 0 Å². The quantitative estimate of drug-likeness (QED) is 0.0748. The summed E-state index contributed by atoms with van der Waals surface area (Å²) in [7, 11) is -27.7. The van der Waals surface area contributed by atoms with Gasteiger partial charge in [0.1, 0.15) is 0 Å². The molecule has 1 aliphatic heterocycles. The van der Waals surface area contributed by atoms with Crippen LogP contribution in [-0.4, -0.2) is 151 Å². The Labute approximate surface area is 516 Å². The maximum Gasteiger partial charge on any atom is 0.414 e. The fourth-order valence-corrected chi connectivity index (χ4v) is 17.5. The minimum atomic E-state index is -9.41. The Kier molecular flexibility index (Phi) is 26.3. The van der Waals surface area contributed by atoms with E-state index in [2.05, 4.69) is 27.1 Å². The predicted octanol–water partition coefficient (Wildman–Crippen LogP) is 23.9. The highest BCUT2D eigenvalue weighted by molar-refractivity contribution is 7.78. The van der Waals surface area contributed by atoms with Crippen LogP contribution in [0.25, 0.3) is 0 Å². The second-order valence-electron chi connectivity index (χ2n) is 19.3. The van der Waals surface area contributed by atoms with Gasteiger partial charge in [0.05, 0.1) is 39.6 Å². The average molecular weight is 1700 g/mol. The van der Waals surface area contributed by atoms with Crippen LogP contribution in [0.2, 0.25) is 0 Å². The first-order valence-electron chi connectivity index (χ1n) is 23.4. The first kappa shape index (κ1) is 95.7. The fourth-order valence-electron chi connectivity index (χ4n) is 7.94. The van der Waals surface area contributed by atoms with E-state index in [0.29, 0.717) is 0 Å². The van der Waals surface area contributed by atoms with Crippen molar-refractivity contribution in [3.05, 3.63) is 0 Å². The Balaban J connectivity index is 6.05. The molecule has 0 aromatic heterocycles. The Hall–Kier alpha value is -3.33. The van der Waals surface area contributed by atoms with E-state index in [1.165, 1.54) is 0 Å². The summed E-state index contributed by atoms with van der Waals surface area (Å²) in [5, 5.41) is 0. The molecule has 0 aromatic rings. The van der Waals surface area contributed by atoms with E-state index >= 15 is 0 Å². The number of hydrogen-bond acceptors (Lipinski definition) is 9. The molecular formula is C35H22F54N3O6P3. The SMILES string of the molecule is FC(F)(F)C(CCOP1(OCCC(C(F)(F)F)(C(F)(F)F)C(F)(F)F)=NP(OCCC(C(F)(F)F)(C(F)(F)F)C(F)(F)F)(OCCC(C(F)(F)F)(C(F)(F)F)C(F)(F)F)=NP(OCCC(C(F)(F)F)(C(F)(F)F)C(F)(F)F)(OCC(C(F)(F)F)(C(F)(F)F)C(F)(F)F)=N1)(C(F)(F)F)C(F)(F)F. The van der Waals surface area contributed by atoms with Crippen LogP contribution < -0.4 is 0 Å². The van der Waals surface area contributed by atoms with Gasteiger partial charge in [0.2, 0.25) is 0 Å². The van der Waals surface area contributed by atoms with Crippen molar-refractivity contribution in [2.24, 2.45) is 46.0 Å². The van der Waals surface area contributed by atoms with Gasteiger partial charge in [-0.25, -0.2) is 0 Å². The standard InChI is InChI=1S/C35H22F54N3O6P3/c36-18(37,38)12(19(39,40)41,20(42,43)44)1-6-93-99(94-7-2-13(21(45,46)47,22(48,49)50)23(51,52)53)90-100(95-8-3-14(24(54,55)56,25(57,58)59)26(60,61)62,96-9-4-15(27(63,64)65,28(66,67)68)29(69,70)71)92-101(91-99,98-11-17(33(81,82)83,34(84,85)86)35(87,88)89)97-10-5-16(30(72,73)74,31(75,76)77)32(78,79)80/h1-11H2. The third-order valence-corrected chi connectivity index (χ3v) is 22.0. The summed E-state index contributed by atoms with van der Waals surface area (Å²) in [4.78, 5) is 0. The van der Waals surface area contributed by atoms with E-state index in [-0.39, 0.29) is 0 Å². The third-order valence-electron chi connectivity index (χ3n) is 13.5. The average Bonchev–Trinajstić information content (AvgIpc) is 0.725. The second kappa shape index (κ2) is 27.7. The van der Waals surface area contributed by atoms with E-state index in [9.17, 15) is 237 Å². The summed E-state index contributed by atoms with van der Waals surface area (Å²) in [5.41, 5.74) is -48.9. The highest BCUT2D eigenvalue weighted by atomic mass is 31.3. The minimum absolute atomic E-state index is 1.61. The van der Waals surface area contributed by atoms with Crippen molar-refractivity contribution in [1.29, 1.82) is 0 Å². The van der Waals surface area contributed by atoms with E-state index in [1.54, 1.807) is 13.5 Å². The normalized spacial score (nSPS) is 19.3. The van der Waals surface area contributed by atoms with Crippen LogP contribution in [-0.2, 0) is 27.1 Å². The fraction of sp³-hybridized carbons (Fsp3) is 1.00. The molecule has 0 saturated carbocycles. The van der Waals surface area contributed by atoms with Crippen molar-refractivity contribution >= 4 is 23.0 Å². The Morgan fingerprint density at radius 2 is 0.248 bits per heavy atom. The van der Waals surface area contributed by atoms with Gasteiger partial charge in [0.25, 0.3) is 32.5 Å². The molecule has 1 unspecified atom stereocenters. The molecule has 0 N–H and O–H groups in total. The molecule has 0 bridgehead atoms. The Morgan fingerprint density at radius 1 is 0.149 bits per heavy atom. The maximum absolute atomic E-state index is 14.4. The van der Waals surface area contributed by atoms with Gasteiger partial charge in [0, 0.05) is 32.1 Å². The molecule has 606 valence electrons. The summed E-state index contributed by atoms with van der Waals surface area (Å²) in [5.74, 6) is 0. The third kappa shape index (κ3) is 17.3. The maximum atomic E-state index is 14.4. The lowest BCUT2D eigenvalue weighted by Gasteiger charge is -2.42. The van der Waals surface area contributed by atoms with Crippen molar-refractivity contribution in [1.82, 2.24) is 0 Å². The van der Waals surface area contributed by atoms with Gasteiger partial charge in [-0.15, -0.1) is 13.5 Å². The lowest BCUT2D eigenvalue weighted by molar-refractivity contribution is -0.433. The highest BCUT2D eigenvalue weighted by Crippen LogP contribution is 2.83. The van der Waals surface area contributed by atoms with E-state index in [1.807, 2.05) is 0 Å². The number of hydrogen-bond donors (Lipinski definition) is 0. The first-order chi connectivity index (χ1) is 43.4. The zero-order chi connectivity index (χ0) is 81.6. The topological polar surface area (TPSA) is 92.5 Å². The molecule has 1 atom stereocenters. The monoisotopic (exact) mass is 1700 g/mol. The predicted molar refractivity (Wildman–Crippen MR) is 210 cm³/mol. The molecule has 0 aliphatic carbocycles. The van der Waals surface area contributed by atoms with Gasteiger partial charge in [-0.05, 0) is 0 Å². The van der Waals surface area contributed by atoms with Crippen molar-refractivity contribution in [3.63, 3.8) is 0 Å². The van der Waals surface area contributed by atoms with Crippen molar-refractivity contribution in [3.8, 4) is 0 Å². The summed E-state index contributed by atoms with van der Waals surface area (Å²) in [6.07, 6.45) is -177. The minimum Gasteiger partial charge on any atom is -0.306 e. The molecule has 66 heteroatoms. The summed E-state index contributed by atoms with van der Waals surface area (Å²) >= 11 is 0. The Bertz CT molecular complexity index is 2500. The number of halogens is 54. The molecule has 1 rings (SSSR count). The van der Waals surface area contributed by atoms with Crippen LogP contribution in [0.4, 0.5) is 237 Å². The summed E-state index contributed by atoms with van der Waals surface area (Å²) < 4.78 is 792. The molecule has 0 saturated heterocycles. The van der Waals surface area contributed by atoms with Gasteiger partial charge >= 0.3 is 134 Å². The zero-order valence-corrected chi connectivity index (χ0v) is 48.0. The first-order valence-corrected chi connectivity index (χ1v) is 27.9. The zero-order valence-electron chi connectivity index (χ0n) is 45.3. The van der Waals surface area contributed by atoms with Gasteiger partial charge in [-0.1, -0.05) is 0 Å². The van der Waals surface area contributed by atoms with Crippen LogP contribution in [0.5, 0.6) is 0 Å². The summed E-state index contributed by atoms with van der Waals surface area (Å²) in [6, 6.07) is 0. The number of nitrogens with zero attached hydrogens (tertiary/aromatic N) is 3. The van der Waals surface area contributed by atoms with E-state index in [0.717, 1.165) is 0 Å². The Morgan fingerprint density at radius 3 is 0.347 bits per heavy atom. The van der Waals surface area contributed by atoms with Crippen molar-refractivity contribution < 1.29 is 264 Å². The van der Waals surface area contributed by atoms with Gasteiger partial charge in [-0.3, -0.25) is 0 Å². The van der Waals surface area contributed by atoms with Gasteiger partial charge in [-0.2, -0.15) is 237 Å². The number of rotatable bonds is 23. The molecule has 0 spiro atoms. The smallest absolute Gasteiger partial charge is 0.306 e. The van der Waals surface area contributed by atoms with E-state index < -0.39 is 238 Å². The highest BCUT2D eigenvalue weighted by Gasteiger charge is 2.89. The molecule has 101 heavy (non-hydrogen) atoms. The van der Waals surface area contributed by atoms with Crippen molar-refractivity contribution in [2.75, 3.05) is 39.6 Å². The molecular weight excluding hydrogens is 1680 g/mol. The lowest BCUT2D eigenvalue weighted by atomic mass is 9.82. The molecule has 0 amide bonds. The van der Waals surface area contributed by atoms with Crippen LogP contribution in [0, 0.1) is 32.5 Å². The molecule has 0 radical (unpaired) electrons. The van der Waals surface area contributed by atoms with Crippen LogP contribution in [0.1, 0.15) is 32.1 Å². The van der Waals surface area contributed by atoms with Gasteiger partial charge in [0.15, 0.2) is 0 Å². The largest absolute Gasteiger partial charge is 0.414 e. The van der Waals surface area contributed by atoms with E-state index in [4.69, 9.17) is 0 Å². The summed E-state index contributed by atoms with van der Waals surface area (Å²) in [6.45, 7) is -27.7. The van der Waals surface area contributed by atoms with Crippen LogP contribution in [0.15, 0.2) is 13.5 Å². The number of alkyl halides is 54. The van der Waals surface area contributed by atoms with Gasteiger partial charge < -0.3 is 27.1 Å².